The van der Waals surface area contributed by atoms with E-state index in [0.717, 1.165) is 28.2 Å². The molecule has 1 unspecified atom stereocenters. The normalized spacial score (nSPS) is 17.8. The number of carbonyl (C=O) groups excluding carboxylic acids is 1. The van der Waals surface area contributed by atoms with Crippen LogP contribution in [-0.4, -0.2) is 10.5 Å². The fourth-order valence-corrected chi connectivity index (χ4v) is 3.87. The van der Waals surface area contributed by atoms with Gasteiger partial charge in [0.05, 0.1) is 15.6 Å². The monoisotopic (exact) mass is 360 g/mol. The van der Waals surface area contributed by atoms with E-state index in [1.165, 1.54) is 12.6 Å². The number of halogens is 3. The van der Waals surface area contributed by atoms with Crippen LogP contribution in [0.3, 0.4) is 0 Å². The maximum atomic E-state index is 11.3. The van der Waals surface area contributed by atoms with Crippen molar-refractivity contribution in [3.8, 4) is 0 Å². The number of amides is 1. The average Bonchev–Trinajstić information content (AvgIpc) is 2.86. The van der Waals surface area contributed by atoms with E-state index in [-0.39, 0.29) is 12.1 Å². The first kappa shape index (κ1) is 13.3. The molecule has 1 aliphatic heterocycles. The molecule has 1 aromatic carbocycles. The minimum atomic E-state index is -0.0316. The lowest BCUT2D eigenvalue weighted by atomic mass is 10.2. The Morgan fingerprint density at radius 2 is 2.21 bits per heavy atom. The summed E-state index contributed by atoms with van der Waals surface area (Å²) in [5, 5.41) is 4.97. The third kappa shape index (κ3) is 2.06. The fraction of sp³-hybridized carbons (Fsp3) is 0.308. The summed E-state index contributed by atoms with van der Waals surface area (Å²) in [7, 11) is 0. The number of carbonyl (C=O) groups is 1. The number of aryl methyl sites for hydroxylation is 1. The second kappa shape index (κ2) is 4.69. The SMILES string of the molecule is CC(=O)NC1CCc2cc3c(Cl)c(Cl)cc(Br)c3n21. The molecule has 0 saturated carbocycles. The number of aromatic nitrogens is 1. The van der Waals surface area contributed by atoms with Gasteiger partial charge in [-0.15, -0.1) is 0 Å². The van der Waals surface area contributed by atoms with Crippen molar-refractivity contribution in [2.75, 3.05) is 0 Å². The zero-order valence-electron chi connectivity index (χ0n) is 10.1. The lowest BCUT2D eigenvalue weighted by Crippen LogP contribution is -2.28. The van der Waals surface area contributed by atoms with Gasteiger partial charge in [0.2, 0.25) is 5.91 Å². The van der Waals surface area contributed by atoms with Gasteiger partial charge in [0, 0.05) is 22.5 Å². The van der Waals surface area contributed by atoms with Crippen molar-refractivity contribution in [3.63, 3.8) is 0 Å². The summed E-state index contributed by atoms with van der Waals surface area (Å²) in [6.45, 7) is 1.53. The standard InChI is InChI=1S/C13H11BrCl2N2O/c1-6(19)17-11-3-2-7-4-8-12(16)10(15)5-9(14)13(8)18(7)11/h4-5,11H,2-3H2,1H3,(H,17,19). The van der Waals surface area contributed by atoms with Crippen molar-refractivity contribution in [3.05, 3.63) is 32.3 Å². The zero-order chi connectivity index (χ0) is 13.7. The van der Waals surface area contributed by atoms with Crippen molar-refractivity contribution in [1.29, 1.82) is 0 Å². The van der Waals surface area contributed by atoms with Gasteiger partial charge < -0.3 is 9.88 Å². The minimum Gasteiger partial charge on any atom is -0.336 e. The lowest BCUT2D eigenvalue weighted by molar-refractivity contribution is -0.120. The van der Waals surface area contributed by atoms with Gasteiger partial charge in [-0.1, -0.05) is 23.2 Å². The van der Waals surface area contributed by atoms with Crippen molar-refractivity contribution < 1.29 is 4.79 Å². The molecule has 0 fully saturated rings. The maximum absolute atomic E-state index is 11.3. The summed E-state index contributed by atoms with van der Waals surface area (Å²) >= 11 is 15.9. The summed E-state index contributed by atoms with van der Waals surface area (Å²) < 4.78 is 3.02. The number of nitrogens with one attached hydrogen (secondary N) is 1. The highest BCUT2D eigenvalue weighted by molar-refractivity contribution is 9.10. The number of rotatable bonds is 1. The van der Waals surface area contributed by atoms with E-state index >= 15 is 0 Å². The van der Waals surface area contributed by atoms with E-state index in [9.17, 15) is 4.79 Å². The van der Waals surface area contributed by atoms with Crippen LogP contribution in [0.2, 0.25) is 10.0 Å². The molecule has 0 radical (unpaired) electrons. The molecule has 19 heavy (non-hydrogen) atoms. The van der Waals surface area contributed by atoms with Gasteiger partial charge >= 0.3 is 0 Å². The Kier molecular flexibility index (Phi) is 3.28. The molecule has 0 bridgehead atoms. The first-order chi connectivity index (χ1) is 8.99. The summed E-state index contributed by atoms with van der Waals surface area (Å²) in [4.78, 5) is 11.3. The van der Waals surface area contributed by atoms with Gasteiger partial charge in [-0.3, -0.25) is 4.79 Å². The maximum Gasteiger partial charge on any atom is 0.218 e. The van der Waals surface area contributed by atoms with Gasteiger partial charge in [0.15, 0.2) is 0 Å². The Balaban J connectivity index is 2.25. The molecule has 3 rings (SSSR count). The van der Waals surface area contributed by atoms with Crippen LogP contribution in [0, 0.1) is 0 Å². The van der Waals surface area contributed by atoms with Crippen LogP contribution in [0.4, 0.5) is 0 Å². The third-order valence-corrected chi connectivity index (χ3v) is 4.80. The quantitative estimate of drug-likeness (QED) is 0.755. The topological polar surface area (TPSA) is 34.0 Å². The molecule has 6 heteroatoms. The molecule has 1 atom stereocenters. The number of benzene rings is 1. The molecule has 2 heterocycles. The van der Waals surface area contributed by atoms with Gasteiger partial charge in [-0.05, 0) is 40.9 Å². The van der Waals surface area contributed by atoms with Crippen molar-refractivity contribution in [1.82, 2.24) is 9.88 Å². The minimum absolute atomic E-state index is 0.0152. The van der Waals surface area contributed by atoms with E-state index in [4.69, 9.17) is 23.2 Å². The van der Waals surface area contributed by atoms with Crippen LogP contribution in [0.15, 0.2) is 16.6 Å². The summed E-state index contributed by atoms with van der Waals surface area (Å²) in [6, 6.07) is 3.85. The molecule has 1 aliphatic rings. The van der Waals surface area contributed by atoms with Crippen LogP contribution < -0.4 is 5.32 Å². The van der Waals surface area contributed by atoms with Crippen molar-refractivity contribution in [2.24, 2.45) is 0 Å². The van der Waals surface area contributed by atoms with Gasteiger partial charge in [-0.25, -0.2) is 0 Å². The molecule has 1 aromatic heterocycles. The molecule has 1 amide bonds. The second-order valence-electron chi connectivity index (χ2n) is 4.68. The van der Waals surface area contributed by atoms with Crippen molar-refractivity contribution >= 4 is 55.9 Å². The Hall–Kier alpha value is -0.710. The first-order valence-electron chi connectivity index (χ1n) is 5.93. The third-order valence-electron chi connectivity index (χ3n) is 3.40. The van der Waals surface area contributed by atoms with E-state index in [2.05, 4.69) is 31.9 Å². The van der Waals surface area contributed by atoms with E-state index in [1.54, 1.807) is 6.07 Å². The highest BCUT2D eigenvalue weighted by Gasteiger charge is 2.27. The van der Waals surface area contributed by atoms with Gasteiger partial charge in [-0.2, -0.15) is 0 Å². The molecular weight excluding hydrogens is 351 g/mol. The van der Waals surface area contributed by atoms with Crippen LogP contribution in [0.1, 0.15) is 25.2 Å². The molecule has 100 valence electrons. The average molecular weight is 362 g/mol. The summed E-state index contributed by atoms with van der Waals surface area (Å²) in [5.41, 5.74) is 2.15. The lowest BCUT2D eigenvalue weighted by Gasteiger charge is -2.17. The van der Waals surface area contributed by atoms with Crippen LogP contribution in [0.5, 0.6) is 0 Å². The molecular formula is C13H11BrCl2N2O. The second-order valence-corrected chi connectivity index (χ2v) is 6.32. The molecule has 3 nitrogen and oxygen atoms in total. The fourth-order valence-electron chi connectivity index (χ4n) is 2.69. The zero-order valence-corrected chi connectivity index (χ0v) is 13.2. The van der Waals surface area contributed by atoms with Gasteiger partial charge in [0.25, 0.3) is 0 Å². The largest absolute Gasteiger partial charge is 0.336 e. The molecule has 0 spiro atoms. The summed E-state index contributed by atoms with van der Waals surface area (Å²) in [5.74, 6) is -0.0316. The van der Waals surface area contributed by atoms with Gasteiger partial charge in [0.1, 0.15) is 6.17 Å². The predicted molar refractivity (Wildman–Crippen MR) is 80.8 cm³/mol. The van der Waals surface area contributed by atoms with Crippen LogP contribution in [-0.2, 0) is 11.2 Å². The number of fused-ring (bicyclic) bond motifs is 3. The van der Waals surface area contributed by atoms with Crippen molar-refractivity contribution in [2.45, 2.75) is 25.9 Å². The Morgan fingerprint density at radius 1 is 1.47 bits per heavy atom. The number of hydrogen-bond acceptors (Lipinski definition) is 1. The highest BCUT2D eigenvalue weighted by Crippen LogP contribution is 2.41. The summed E-state index contributed by atoms with van der Waals surface area (Å²) in [6.07, 6.45) is 1.80. The molecule has 2 aromatic rings. The molecule has 1 N–H and O–H groups in total. The first-order valence-corrected chi connectivity index (χ1v) is 7.48. The van der Waals surface area contributed by atoms with E-state index < -0.39 is 0 Å². The van der Waals surface area contributed by atoms with E-state index in [1.807, 2.05) is 0 Å². The Morgan fingerprint density at radius 3 is 2.89 bits per heavy atom. The van der Waals surface area contributed by atoms with Crippen LogP contribution >= 0.6 is 39.1 Å². The predicted octanol–water partition coefficient (Wildman–Crippen LogP) is 4.29. The van der Waals surface area contributed by atoms with Crippen LogP contribution in [0.25, 0.3) is 10.9 Å². The number of nitrogens with zero attached hydrogens (tertiary/aromatic N) is 1. The molecule has 0 aliphatic carbocycles. The highest BCUT2D eigenvalue weighted by atomic mass is 79.9. The Labute approximate surface area is 129 Å². The Bertz CT molecular complexity index is 696. The smallest absolute Gasteiger partial charge is 0.218 e. The number of hydrogen-bond donors (Lipinski definition) is 1. The van der Waals surface area contributed by atoms with E-state index in [0.29, 0.717) is 10.0 Å². The molecule has 0 saturated heterocycles.